The van der Waals surface area contributed by atoms with Crippen LogP contribution in [0.2, 0.25) is 0 Å². The van der Waals surface area contributed by atoms with Gasteiger partial charge < -0.3 is 15.3 Å². The average molecular weight is 246 g/mol. The van der Waals surface area contributed by atoms with Gasteiger partial charge in [0.1, 0.15) is 0 Å². The summed E-state index contributed by atoms with van der Waals surface area (Å²) in [5, 5.41) is 11.9. The van der Waals surface area contributed by atoms with Gasteiger partial charge in [-0.15, -0.1) is 0 Å². The molecule has 1 aromatic rings. The molecule has 4 heteroatoms. The van der Waals surface area contributed by atoms with Crippen LogP contribution in [0.4, 0.5) is 5.69 Å². The van der Waals surface area contributed by atoms with E-state index in [9.17, 15) is 4.79 Å². The number of aliphatic carboxylic acids is 1. The SMILES string of the molecule is O=C(O)CC=Cc1ccc(N2CCNCC2)cc1. The van der Waals surface area contributed by atoms with Crippen LogP contribution in [0, 0.1) is 0 Å². The number of benzene rings is 1. The molecule has 1 heterocycles. The van der Waals surface area contributed by atoms with Gasteiger partial charge in [0.25, 0.3) is 0 Å². The molecule has 1 aliphatic rings. The summed E-state index contributed by atoms with van der Waals surface area (Å²) in [6, 6.07) is 8.23. The second kappa shape index (κ2) is 6.21. The van der Waals surface area contributed by atoms with Crippen LogP contribution >= 0.6 is 0 Å². The third-order valence-corrected chi connectivity index (χ3v) is 2.98. The van der Waals surface area contributed by atoms with E-state index in [1.165, 1.54) is 5.69 Å². The quantitative estimate of drug-likeness (QED) is 0.847. The van der Waals surface area contributed by atoms with Crippen molar-refractivity contribution in [1.29, 1.82) is 0 Å². The van der Waals surface area contributed by atoms with Crippen LogP contribution in [0.5, 0.6) is 0 Å². The maximum absolute atomic E-state index is 10.4. The summed E-state index contributed by atoms with van der Waals surface area (Å²) in [7, 11) is 0. The van der Waals surface area contributed by atoms with Gasteiger partial charge in [-0.2, -0.15) is 0 Å². The molecule has 0 aliphatic carbocycles. The Morgan fingerprint density at radius 2 is 1.94 bits per heavy atom. The number of nitrogens with zero attached hydrogens (tertiary/aromatic N) is 1. The monoisotopic (exact) mass is 246 g/mol. The summed E-state index contributed by atoms with van der Waals surface area (Å²) in [5.74, 6) is -0.802. The molecule has 96 valence electrons. The highest BCUT2D eigenvalue weighted by molar-refractivity contribution is 5.70. The predicted octanol–water partition coefficient (Wildman–Crippen LogP) is 1.58. The van der Waals surface area contributed by atoms with Gasteiger partial charge >= 0.3 is 5.97 Å². The summed E-state index contributed by atoms with van der Waals surface area (Å²) < 4.78 is 0. The van der Waals surface area contributed by atoms with Crippen LogP contribution in [0.3, 0.4) is 0 Å². The molecule has 1 saturated heterocycles. The lowest BCUT2D eigenvalue weighted by Gasteiger charge is -2.29. The van der Waals surface area contributed by atoms with E-state index < -0.39 is 5.97 Å². The van der Waals surface area contributed by atoms with E-state index >= 15 is 0 Å². The van der Waals surface area contributed by atoms with Gasteiger partial charge in [-0.3, -0.25) is 4.79 Å². The highest BCUT2D eigenvalue weighted by atomic mass is 16.4. The van der Waals surface area contributed by atoms with Gasteiger partial charge in [-0.25, -0.2) is 0 Å². The minimum atomic E-state index is -0.802. The van der Waals surface area contributed by atoms with Crippen molar-refractivity contribution in [3.63, 3.8) is 0 Å². The Bertz CT molecular complexity index is 420. The molecule has 0 radical (unpaired) electrons. The minimum absolute atomic E-state index is 0.0690. The Kier molecular flexibility index (Phi) is 4.36. The minimum Gasteiger partial charge on any atom is -0.481 e. The third kappa shape index (κ3) is 3.60. The Hall–Kier alpha value is -1.81. The van der Waals surface area contributed by atoms with Gasteiger partial charge in [0.2, 0.25) is 0 Å². The normalized spacial score (nSPS) is 16.1. The smallest absolute Gasteiger partial charge is 0.307 e. The third-order valence-electron chi connectivity index (χ3n) is 2.98. The molecule has 0 aromatic heterocycles. The fourth-order valence-corrected chi connectivity index (χ4v) is 2.02. The van der Waals surface area contributed by atoms with Crippen molar-refractivity contribution in [3.8, 4) is 0 Å². The van der Waals surface area contributed by atoms with Crippen LogP contribution in [0.15, 0.2) is 30.3 Å². The van der Waals surface area contributed by atoms with E-state index in [2.05, 4.69) is 22.3 Å². The van der Waals surface area contributed by atoms with Crippen molar-refractivity contribution < 1.29 is 9.90 Å². The van der Waals surface area contributed by atoms with Gasteiger partial charge in [0.05, 0.1) is 6.42 Å². The molecular formula is C14H18N2O2. The summed E-state index contributed by atoms with van der Waals surface area (Å²) in [4.78, 5) is 12.7. The lowest BCUT2D eigenvalue weighted by molar-refractivity contribution is -0.135. The first-order valence-electron chi connectivity index (χ1n) is 6.20. The van der Waals surface area contributed by atoms with Crippen molar-refractivity contribution in [3.05, 3.63) is 35.9 Å². The van der Waals surface area contributed by atoms with Crippen molar-refractivity contribution in [2.45, 2.75) is 6.42 Å². The molecule has 0 saturated carbocycles. The maximum atomic E-state index is 10.4. The van der Waals surface area contributed by atoms with Crippen molar-refractivity contribution >= 4 is 17.7 Å². The zero-order chi connectivity index (χ0) is 12.8. The summed E-state index contributed by atoms with van der Waals surface area (Å²) in [6.07, 6.45) is 3.58. The number of hydrogen-bond acceptors (Lipinski definition) is 3. The number of anilines is 1. The molecule has 18 heavy (non-hydrogen) atoms. The summed E-state index contributed by atoms with van der Waals surface area (Å²) >= 11 is 0. The van der Waals surface area contributed by atoms with E-state index in [0.29, 0.717) is 0 Å². The molecule has 4 nitrogen and oxygen atoms in total. The fraction of sp³-hybridized carbons (Fsp3) is 0.357. The molecular weight excluding hydrogens is 228 g/mol. The Morgan fingerprint density at radius 1 is 1.28 bits per heavy atom. The fourth-order valence-electron chi connectivity index (χ4n) is 2.02. The molecule has 0 atom stereocenters. The molecule has 2 rings (SSSR count). The van der Waals surface area contributed by atoms with Crippen LogP contribution in [-0.2, 0) is 4.79 Å². The standard InChI is InChI=1S/C14H18N2O2/c17-14(18)3-1-2-12-4-6-13(7-5-12)16-10-8-15-9-11-16/h1-2,4-7,15H,3,8-11H2,(H,17,18). The van der Waals surface area contributed by atoms with Gasteiger partial charge in [0.15, 0.2) is 0 Å². The summed E-state index contributed by atoms with van der Waals surface area (Å²) in [5.41, 5.74) is 2.27. The average Bonchev–Trinajstić information content (AvgIpc) is 2.40. The first-order valence-corrected chi connectivity index (χ1v) is 6.20. The molecule has 1 fully saturated rings. The Labute approximate surface area is 107 Å². The zero-order valence-corrected chi connectivity index (χ0v) is 10.3. The highest BCUT2D eigenvalue weighted by Gasteiger charge is 2.09. The zero-order valence-electron chi connectivity index (χ0n) is 10.3. The van der Waals surface area contributed by atoms with Gasteiger partial charge in [-0.1, -0.05) is 24.3 Å². The first-order chi connectivity index (χ1) is 8.75. The largest absolute Gasteiger partial charge is 0.481 e. The van der Waals surface area contributed by atoms with Crippen LogP contribution in [0.25, 0.3) is 6.08 Å². The number of nitrogens with one attached hydrogen (secondary N) is 1. The number of carboxylic acids is 1. The predicted molar refractivity (Wildman–Crippen MR) is 72.8 cm³/mol. The lowest BCUT2D eigenvalue weighted by Crippen LogP contribution is -2.43. The number of hydrogen-bond donors (Lipinski definition) is 2. The Morgan fingerprint density at radius 3 is 2.56 bits per heavy atom. The molecule has 0 unspecified atom stereocenters. The van der Waals surface area contributed by atoms with Crippen LogP contribution in [-0.4, -0.2) is 37.3 Å². The van der Waals surface area contributed by atoms with E-state index in [1.807, 2.05) is 18.2 Å². The van der Waals surface area contributed by atoms with Crippen molar-refractivity contribution in [2.24, 2.45) is 0 Å². The molecule has 2 N–H and O–H groups in total. The first kappa shape index (κ1) is 12.6. The maximum Gasteiger partial charge on any atom is 0.307 e. The highest BCUT2D eigenvalue weighted by Crippen LogP contribution is 2.16. The van der Waals surface area contributed by atoms with Crippen molar-refractivity contribution in [2.75, 3.05) is 31.1 Å². The number of rotatable bonds is 4. The molecule has 0 spiro atoms. The van der Waals surface area contributed by atoms with E-state index in [4.69, 9.17) is 5.11 Å². The molecule has 0 bridgehead atoms. The van der Waals surface area contributed by atoms with Crippen molar-refractivity contribution in [1.82, 2.24) is 5.32 Å². The number of carboxylic acid groups (broad SMARTS) is 1. The second-order valence-electron chi connectivity index (χ2n) is 4.33. The second-order valence-corrected chi connectivity index (χ2v) is 4.33. The van der Waals surface area contributed by atoms with Gasteiger partial charge in [0, 0.05) is 31.9 Å². The van der Waals surface area contributed by atoms with E-state index in [0.717, 1.165) is 31.7 Å². The number of carbonyl (C=O) groups is 1. The molecule has 1 aromatic carbocycles. The Balaban J connectivity index is 1.96. The molecule has 1 aliphatic heterocycles. The molecule has 0 amide bonds. The summed E-state index contributed by atoms with van der Waals surface area (Å²) in [6.45, 7) is 4.13. The van der Waals surface area contributed by atoms with Gasteiger partial charge in [-0.05, 0) is 17.7 Å². The van der Waals surface area contributed by atoms with E-state index in [-0.39, 0.29) is 6.42 Å². The topological polar surface area (TPSA) is 52.6 Å². The van der Waals surface area contributed by atoms with Crippen LogP contribution in [0.1, 0.15) is 12.0 Å². The number of piperazine rings is 1. The lowest BCUT2D eigenvalue weighted by atomic mass is 10.1. The van der Waals surface area contributed by atoms with E-state index in [1.54, 1.807) is 6.08 Å². The van der Waals surface area contributed by atoms with Crippen LogP contribution < -0.4 is 10.2 Å².